The first-order chi connectivity index (χ1) is 9.65. The summed E-state index contributed by atoms with van der Waals surface area (Å²) in [6, 6.07) is 5.09. The van der Waals surface area contributed by atoms with Gasteiger partial charge in [0.05, 0.1) is 4.90 Å². The Morgan fingerprint density at radius 3 is 2.33 bits per heavy atom. The van der Waals surface area contributed by atoms with Gasteiger partial charge in [-0.25, -0.2) is 13.1 Å². The van der Waals surface area contributed by atoms with E-state index in [9.17, 15) is 13.2 Å². The van der Waals surface area contributed by atoms with Crippen molar-refractivity contribution in [3.8, 4) is 0 Å². The van der Waals surface area contributed by atoms with Crippen LogP contribution < -0.4 is 4.72 Å². The van der Waals surface area contributed by atoms with E-state index in [1.807, 2.05) is 27.7 Å². The highest BCUT2D eigenvalue weighted by atomic mass is 32.2. The predicted molar refractivity (Wildman–Crippen MR) is 83.6 cm³/mol. The van der Waals surface area contributed by atoms with Gasteiger partial charge in [-0.15, -0.1) is 0 Å². The van der Waals surface area contributed by atoms with Crippen LogP contribution in [0.15, 0.2) is 23.1 Å². The molecule has 5 nitrogen and oxygen atoms in total. The molecule has 0 aromatic heterocycles. The van der Waals surface area contributed by atoms with Crippen LogP contribution in [0.1, 0.15) is 31.9 Å². The maximum atomic E-state index is 12.2. The minimum atomic E-state index is -3.53. The Balaban J connectivity index is 2.73. The molecule has 0 atom stereocenters. The molecule has 0 aliphatic carbocycles. The molecule has 6 heteroatoms. The SMILES string of the molecule is CC(=O)N(CCNS(=O)(=O)c1ccc(C)c(C)c1)C(C)C. The van der Waals surface area contributed by atoms with Crippen molar-refractivity contribution in [2.24, 2.45) is 0 Å². The lowest BCUT2D eigenvalue weighted by Gasteiger charge is -2.25. The highest BCUT2D eigenvalue weighted by Crippen LogP contribution is 2.14. The van der Waals surface area contributed by atoms with Crippen molar-refractivity contribution in [3.05, 3.63) is 29.3 Å². The highest BCUT2D eigenvalue weighted by molar-refractivity contribution is 7.89. The normalized spacial score (nSPS) is 11.7. The van der Waals surface area contributed by atoms with Crippen LogP contribution >= 0.6 is 0 Å². The molecule has 0 fully saturated rings. The topological polar surface area (TPSA) is 66.5 Å². The fraction of sp³-hybridized carbons (Fsp3) is 0.533. The fourth-order valence-corrected chi connectivity index (χ4v) is 3.15. The predicted octanol–water partition coefficient (Wildman–Crippen LogP) is 1.84. The number of aryl methyl sites for hydroxylation is 2. The Labute approximate surface area is 127 Å². The van der Waals surface area contributed by atoms with Crippen molar-refractivity contribution in [1.82, 2.24) is 9.62 Å². The average Bonchev–Trinajstić information content (AvgIpc) is 2.36. The van der Waals surface area contributed by atoms with Crippen molar-refractivity contribution < 1.29 is 13.2 Å². The summed E-state index contributed by atoms with van der Waals surface area (Å²) in [5.41, 5.74) is 1.99. The molecule has 1 N–H and O–H groups in total. The summed E-state index contributed by atoms with van der Waals surface area (Å²) in [7, 11) is -3.53. The minimum absolute atomic E-state index is 0.0497. The molecule has 0 spiro atoms. The maximum absolute atomic E-state index is 12.2. The molecule has 0 aliphatic heterocycles. The number of amides is 1. The van der Waals surface area contributed by atoms with Crippen molar-refractivity contribution in [1.29, 1.82) is 0 Å². The van der Waals surface area contributed by atoms with Gasteiger partial charge in [0.2, 0.25) is 15.9 Å². The third-order valence-corrected chi connectivity index (χ3v) is 4.92. The van der Waals surface area contributed by atoms with E-state index in [0.717, 1.165) is 11.1 Å². The van der Waals surface area contributed by atoms with Gasteiger partial charge in [0.15, 0.2) is 0 Å². The molecule has 0 saturated carbocycles. The monoisotopic (exact) mass is 312 g/mol. The molecular formula is C15H24N2O3S. The van der Waals surface area contributed by atoms with Crippen molar-refractivity contribution in [2.45, 2.75) is 45.6 Å². The summed E-state index contributed by atoms with van der Waals surface area (Å²) in [5, 5.41) is 0. The van der Waals surface area contributed by atoms with Crippen molar-refractivity contribution >= 4 is 15.9 Å². The van der Waals surface area contributed by atoms with Crippen LogP contribution in [0.4, 0.5) is 0 Å². The average molecular weight is 312 g/mol. The van der Waals surface area contributed by atoms with Crippen LogP contribution in [-0.4, -0.2) is 38.4 Å². The molecule has 0 bridgehead atoms. The van der Waals surface area contributed by atoms with Gasteiger partial charge in [-0.2, -0.15) is 0 Å². The number of benzene rings is 1. The first-order valence-electron chi connectivity index (χ1n) is 6.99. The number of hydrogen-bond donors (Lipinski definition) is 1. The lowest BCUT2D eigenvalue weighted by Crippen LogP contribution is -2.41. The number of nitrogens with one attached hydrogen (secondary N) is 1. The third-order valence-electron chi connectivity index (χ3n) is 3.46. The van der Waals surface area contributed by atoms with Gasteiger partial charge in [0.25, 0.3) is 0 Å². The lowest BCUT2D eigenvalue weighted by atomic mass is 10.1. The summed E-state index contributed by atoms with van der Waals surface area (Å²) in [5.74, 6) is -0.0598. The van der Waals surface area contributed by atoms with Crippen LogP contribution in [0.2, 0.25) is 0 Å². The Kier molecular flexibility index (Phi) is 5.92. The van der Waals surface area contributed by atoms with Gasteiger partial charge >= 0.3 is 0 Å². The van der Waals surface area contributed by atoms with E-state index in [0.29, 0.717) is 6.54 Å². The Morgan fingerprint density at radius 2 is 1.86 bits per heavy atom. The standard InChI is InChI=1S/C15H24N2O3S/c1-11(2)17(14(5)18)9-8-16-21(19,20)15-7-6-12(3)13(4)10-15/h6-7,10-11,16H,8-9H2,1-5H3. The molecule has 1 rings (SSSR count). The van der Waals surface area contributed by atoms with E-state index in [-0.39, 0.29) is 23.4 Å². The molecule has 0 heterocycles. The first kappa shape index (κ1) is 17.7. The molecule has 0 saturated heterocycles. The van der Waals surface area contributed by atoms with Gasteiger partial charge in [-0.3, -0.25) is 4.79 Å². The van der Waals surface area contributed by atoms with Crippen LogP contribution in [0.5, 0.6) is 0 Å². The first-order valence-corrected chi connectivity index (χ1v) is 8.47. The summed E-state index contributed by atoms with van der Waals surface area (Å²) in [6.45, 7) is 9.66. The van der Waals surface area contributed by atoms with Gasteiger partial charge in [-0.05, 0) is 51.0 Å². The van der Waals surface area contributed by atoms with Crippen LogP contribution in [0.3, 0.4) is 0 Å². The largest absolute Gasteiger partial charge is 0.339 e. The van der Waals surface area contributed by atoms with Crippen LogP contribution in [-0.2, 0) is 14.8 Å². The second-order valence-electron chi connectivity index (χ2n) is 5.45. The smallest absolute Gasteiger partial charge is 0.240 e. The number of hydrogen-bond acceptors (Lipinski definition) is 3. The van der Waals surface area contributed by atoms with E-state index in [4.69, 9.17) is 0 Å². The number of carbonyl (C=O) groups excluding carboxylic acids is 1. The molecular weight excluding hydrogens is 288 g/mol. The molecule has 1 amide bonds. The summed E-state index contributed by atoms with van der Waals surface area (Å²) >= 11 is 0. The summed E-state index contributed by atoms with van der Waals surface area (Å²) < 4.78 is 26.9. The van der Waals surface area contributed by atoms with Gasteiger partial charge < -0.3 is 4.90 Å². The Hall–Kier alpha value is -1.40. The zero-order chi connectivity index (χ0) is 16.2. The number of carbonyl (C=O) groups is 1. The Bertz CT molecular complexity index is 609. The second-order valence-corrected chi connectivity index (χ2v) is 7.22. The number of rotatable bonds is 6. The molecule has 0 radical (unpaired) electrons. The molecule has 1 aromatic carbocycles. The van der Waals surface area contributed by atoms with Gasteiger partial charge in [-0.1, -0.05) is 6.07 Å². The molecule has 21 heavy (non-hydrogen) atoms. The molecule has 0 unspecified atom stereocenters. The zero-order valence-electron chi connectivity index (χ0n) is 13.3. The van der Waals surface area contributed by atoms with E-state index < -0.39 is 10.0 Å². The number of nitrogens with zero attached hydrogens (tertiary/aromatic N) is 1. The van der Waals surface area contributed by atoms with Crippen molar-refractivity contribution in [2.75, 3.05) is 13.1 Å². The van der Waals surface area contributed by atoms with Gasteiger partial charge in [0.1, 0.15) is 0 Å². The number of sulfonamides is 1. The molecule has 0 aliphatic rings. The maximum Gasteiger partial charge on any atom is 0.240 e. The quantitative estimate of drug-likeness (QED) is 0.871. The zero-order valence-corrected chi connectivity index (χ0v) is 14.1. The minimum Gasteiger partial charge on any atom is -0.339 e. The lowest BCUT2D eigenvalue weighted by molar-refractivity contribution is -0.130. The van der Waals surface area contributed by atoms with Gasteiger partial charge in [0, 0.05) is 26.1 Å². The van der Waals surface area contributed by atoms with E-state index in [1.54, 1.807) is 23.1 Å². The molecule has 1 aromatic rings. The van der Waals surface area contributed by atoms with Crippen LogP contribution in [0, 0.1) is 13.8 Å². The summed E-state index contributed by atoms with van der Waals surface area (Å²) in [4.78, 5) is 13.3. The van der Waals surface area contributed by atoms with E-state index in [2.05, 4.69) is 4.72 Å². The third kappa shape index (κ3) is 4.82. The molecule has 118 valence electrons. The Morgan fingerprint density at radius 1 is 1.24 bits per heavy atom. The van der Waals surface area contributed by atoms with Crippen molar-refractivity contribution in [3.63, 3.8) is 0 Å². The van der Waals surface area contributed by atoms with Crippen LogP contribution in [0.25, 0.3) is 0 Å². The highest BCUT2D eigenvalue weighted by Gasteiger charge is 2.17. The second kappa shape index (κ2) is 7.04. The summed E-state index contributed by atoms with van der Waals surface area (Å²) in [6.07, 6.45) is 0. The fourth-order valence-electron chi connectivity index (χ4n) is 2.04. The van der Waals surface area contributed by atoms with E-state index >= 15 is 0 Å². The van der Waals surface area contributed by atoms with E-state index in [1.165, 1.54) is 6.92 Å².